The van der Waals surface area contributed by atoms with Crippen LogP contribution in [-0.2, 0) is 4.79 Å². The molecule has 0 aliphatic carbocycles. The average molecular weight is 237 g/mol. The maximum Gasteiger partial charge on any atom is 0.250 e. The predicted octanol–water partition coefficient (Wildman–Crippen LogP) is 4.03. The van der Waals surface area contributed by atoms with E-state index in [1.54, 1.807) is 7.05 Å². The molecule has 0 radical (unpaired) electrons. The first kappa shape index (κ1) is 20.8. The van der Waals surface area contributed by atoms with E-state index in [1.165, 1.54) is 11.6 Å². The summed E-state index contributed by atoms with van der Waals surface area (Å²) in [5.74, 6) is -0.181. The van der Waals surface area contributed by atoms with Crippen LogP contribution < -0.4 is 5.32 Å². The molecule has 0 aromatic rings. The molecule has 0 saturated carbocycles. The van der Waals surface area contributed by atoms with Crippen molar-refractivity contribution in [1.29, 1.82) is 0 Å². The molecule has 0 saturated heterocycles. The van der Waals surface area contributed by atoms with Gasteiger partial charge in [0.15, 0.2) is 0 Å². The number of nitrogens with one attached hydrogen (secondary N) is 1. The second-order valence-electron chi connectivity index (χ2n) is 3.37. The zero-order valence-corrected chi connectivity index (χ0v) is 12.0. The molecule has 17 heavy (non-hydrogen) atoms. The van der Waals surface area contributed by atoms with E-state index in [-0.39, 0.29) is 5.91 Å². The predicted molar refractivity (Wildman–Crippen MR) is 79.0 cm³/mol. The number of carbonyl (C=O) groups excluding carboxylic acids is 1. The zero-order chi connectivity index (χ0) is 14.3. The summed E-state index contributed by atoms with van der Waals surface area (Å²) in [6, 6.07) is 0. The van der Waals surface area contributed by atoms with Crippen molar-refractivity contribution in [2.24, 2.45) is 0 Å². The highest BCUT2D eigenvalue weighted by molar-refractivity contribution is 5.95. The number of rotatable bonds is 3. The van der Waals surface area contributed by atoms with Crippen LogP contribution in [0.2, 0.25) is 0 Å². The van der Waals surface area contributed by atoms with Crippen LogP contribution in [0, 0.1) is 0 Å². The average Bonchev–Trinajstić information content (AvgIpc) is 2.37. The third-order valence-corrected chi connectivity index (χ3v) is 1.63. The van der Waals surface area contributed by atoms with Gasteiger partial charge in [0, 0.05) is 12.6 Å². The van der Waals surface area contributed by atoms with Crippen molar-refractivity contribution in [3.05, 3.63) is 49.1 Å². The van der Waals surface area contributed by atoms with E-state index >= 15 is 0 Å². The second-order valence-corrected chi connectivity index (χ2v) is 3.37. The fourth-order valence-electron chi connectivity index (χ4n) is 0.253. The third kappa shape index (κ3) is 25.1. The number of hydrogen-bond acceptors (Lipinski definition) is 1. The maximum absolute atomic E-state index is 10.5. The standard InChI is InChI=1S/C6H9NO.C5H10.C4H8/c1-4-5(2)6(8)7-3;1-4-5(2)3;1-3-4-2/h4H,1-2H2,3H3,(H,7,8);4H,1-3H3;3H,1,4H2,2H3. The van der Waals surface area contributed by atoms with Gasteiger partial charge in [0.1, 0.15) is 0 Å². The summed E-state index contributed by atoms with van der Waals surface area (Å²) in [6.07, 6.45) is 6.46. The molecule has 98 valence electrons. The summed E-state index contributed by atoms with van der Waals surface area (Å²) >= 11 is 0. The quantitative estimate of drug-likeness (QED) is 0.448. The number of amides is 1. The molecular formula is C15H27NO. The van der Waals surface area contributed by atoms with E-state index < -0.39 is 0 Å². The highest BCUT2D eigenvalue weighted by Gasteiger charge is 1.95. The molecule has 0 unspecified atom stereocenters. The summed E-state index contributed by atoms with van der Waals surface area (Å²) in [4.78, 5) is 10.5. The van der Waals surface area contributed by atoms with Crippen molar-refractivity contribution in [2.75, 3.05) is 7.05 Å². The molecule has 0 spiro atoms. The minimum absolute atomic E-state index is 0.181. The van der Waals surface area contributed by atoms with Crippen molar-refractivity contribution < 1.29 is 4.79 Å². The van der Waals surface area contributed by atoms with Crippen LogP contribution >= 0.6 is 0 Å². The van der Waals surface area contributed by atoms with Crippen molar-refractivity contribution in [1.82, 2.24) is 5.32 Å². The van der Waals surface area contributed by atoms with Gasteiger partial charge in [-0.1, -0.05) is 43.9 Å². The molecule has 2 heteroatoms. The van der Waals surface area contributed by atoms with Gasteiger partial charge in [-0.25, -0.2) is 0 Å². The molecule has 0 rings (SSSR count). The molecule has 1 N–H and O–H groups in total. The Morgan fingerprint density at radius 3 is 1.71 bits per heavy atom. The van der Waals surface area contributed by atoms with Gasteiger partial charge in [-0.15, -0.1) is 6.58 Å². The molecule has 0 atom stereocenters. The van der Waals surface area contributed by atoms with E-state index in [0.29, 0.717) is 5.57 Å². The summed E-state index contributed by atoms with van der Waals surface area (Å²) in [7, 11) is 1.55. The van der Waals surface area contributed by atoms with Gasteiger partial charge in [0.25, 0.3) is 0 Å². The molecule has 0 bridgehead atoms. The lowest BCUT2D eigenvalue weighted by molar-refractivity contribution is -0.116. The summed E-state index contributed by atoms with van der Waals surface area (Å²) in [5, 5.41) is 2.41. The molecule has 0 aromatic carbocycles. The summed E-state index contributed by atoms with van der Waals surface area (Å²) < 4.78 is 0. The van der Waals surface area contributed by atoms with Crippen molar-refractivity contribution >= 4 is 5.91 Å². The minimum Gasteiger partial charge on any atom is -0.355 e. The summed E-state index contributed by atoms with van der Waals surface area (Å²) in [5.41, 5.74) is 1.78. The van der Waals surface area contributed by atoms with Gasteiger partial charge in [0.05, 0.1) is 0 Å². The zero-order valence-electron chi connectivity index (χ0n) is 12.0. The van der Waals surface area contributed by atoms with Gasteiger partial charge < -0.3 is 5.32 Å². The van der Waals surface area contributed by atoms with Crippen molar-refractivity contribution in [2.45, 2.75) is 34.1 Å². The number of hydrogen-bond donors (Lipinski definition) is 1. The Morgan fingerprint density at radius 2 is 1.65 bits per heavy atom. The van der Waals surface area contributed by atoms with E-state index in [2.05, 4.69) is 51.9 Å². The molecule has 0 aliphatic rings. The maximum atomic E-state index is 10.5. The summed E-state index contributed by atoms with van der Waals surface area (Å²) in [6.45, 7) is 18.5. The first-order chi connectivity index (χ1) is 7.90. The third-order valence-electron chi connectivity index (χ3n) is 1.63. The SMILES string of the molecule is C=CC(=C)C(=O)NC.C=CCC.CC=C(C)C. The molecule has 0 fully saturated rings. The van der Waals surface area contributed by atoms with Gasteiger partial charge in [0.2, 0.25) is 5.91 Å². The Hall–Kier alpha value is -1.57. The minimum atomic E-state index is -0.181. The van der Waals surface area contributed by atoms with E-state index in [4.69, 9.17) is 0 Å². The monoisotopic (exact) mass is 237 g/mol. The lowest BCUT2D eigenvalue weighted by atomic mass is 10.3. The Balaban J connectivity index is -0.000000188. The van der Waals surface area contributed by atoms with Crippen LogP contribution in [0.3, 0.4) is 0 Å². The van der Waals surface area contributed by atoms with Gasteiger partial charge in [-0.05, 0) is 27.2 Å². The topological polar surface area (TPSA) is 29.1 Å². The van der Waals surface area contributed by atoms with Crippen molar-refractivity contribution in [3.8, 4) is 0 Å². The van der Waals surface area contributed by atoms with E-state index in [0.717, 1.165) is 6.42 Å². The van der Waals surface area contributed by atoms with Crippen LogP contribution in [0.1, 0.15) is 34.1 Å². The lowest BCUT2D eigenvalue weighted by Crippen LogP contribution is -2.18. The molecule has 2 nitrogen and oxygen atoms in total. The molecule has 0 aromatic heterocycles. The van der Waals surface area contributed by atoms with Crippen LogP contribution in [0.5, 0.6) is 0 Å². The lowest BCUT2D eigenvalue weighted by Gasteiger charge is -1.93. The van der Waals surface area contributed by atoms with Crippen LogP contribution in [0.15, 0.2) is 49.1 Å². The Bertz CT molecular complexity index is 258. The number of allylic oxidation sites excluding steroid dienone is 3. The first-order valence-corrected chi connectivity index (χ1v) is 5.64. The van der Waals surface area contributed by atoms with Crippen LogP contribution in [0.25, 0.3) is 0 Å². The van der Waals surface area contributed by atoms with Gasteiger partial charge >= 0.3 is 0 Å². The molecular weight excluding hydrogens is 210 g/mol. The Morgan fingerprint density at radius 1 is 1.29 bits per heavy atom. The van der Waals surface area contributed by atoms with Crippen molar-refractivity contribution in [3.63, 3.8) is 0 Å². The highest BCUT2D eigenvalue weighted by atomic mass is 16.1. The second kappa shape index (κ2) is 16.8. The largest absolute Gasteiger partial charge is 0.355 e. The Kier molecular flexibility index (Phi) is 20.6. The highest BCUT2D eigenvalue weighted by Crippen LogP contribution is 1.87. The van der Waals surface area contributed by atoms with E-state index in [1.807, 2.05) is 13.0 Å². The van der Waals surface area contributed by atoms with Crippen LogP contribution in [0.4, 0.5) is 0 Å². The number of carbonyl (C=O) groups is 1. The molecule has 0 aliphatic heterocycles. The molecule has 1 amide bonds. The fourth-order valence-corrected chi connectivity index (χ4v) is 0.253. The van der Waals surface area contributed by atoms with Crippen LogP contribution in [-0.4, -0.2) is 13.0 Å². The smallest absolute Gasteiger partial charge is 0.250 e. The Labute approximate surface area is 107 Å². The first-order valence-electron chi connectivity index (χ1n) is 5.64. The van der Waals surface area contributed by atoms with E-state index in [9.17, 15) is 4.79 Å². The molecule has 0 heterocycles. The fraction of sp³-hybridized carbons (Fsp3) is 0.400. The normalized spacial score (nSPS) is 7.12. The van der Waals surface area contributed by atoms with Gasteiger partial charge in [-0.2, -0.15) is 0 Å². The number of likely N-dealkylation sites (N-methyl/N-ethyl adjacent to an activating group) is 1. The van der Waals surface area contributed by atoms with Gasteiger partial charge in [-0.3, -0.25) is 4.79 Å².